The van der Waals surface area contributed by atoms with Crippen LogP contribution in [0.15, 0.2) is 18.2 Å². The quantitative estimate of drug-likeness (QED) is 0.835. The second-order valence-corrected chi connectivity index (χ2v) is 3.44. The van der Waals surface area contributed by atoms with E-state index < -0.39 is 34.9 Å². The number of benzene rings is 1. The zero-order valence-electron chi connectivity index (χ0n) is 8.25. The van der Waals surface area contributed by atoms with E-state index in [0.717, 1.165) is 18.2 Å². The van der Waals surface area contributed by atoms with Crippen LogP contribution in [0.5, 0.6) is 0 Å². The molecule has 1 aromatic rings. The number of hydrogen-bond donors (Lipinski definition) is 2. The first kappa shape index (κ1) is 12.5. The average molecular weight is 234 g/mol. The van der Waals surface area contributed by atoms with Crippen molar-refractivity contribution < 1.29 is 28.2 Å². The Morgan fingerprint density at radius 1 is 1.38 bits per heavy atom. The summed E-state index contributed by atoms with van der Waals surface area (Å²) in [6.07, 6.45) is -2.82. The average Bonchev–Trinajstić information content (AvgIpc) is 2.15. The van der Waals surface area contributed by atoms with Crippen molar-refractivity contribution in [3.8, 4) is 0 Å². The lowest BCUT2D eigenvalue weighted by molar-refractivity contribution is -0.154. The normalized spacial score (nSPS) is 16.6. The molecule has 2 atom stereocenters. The molecule has 3 nitrogen and oxygen atoms in total. The van der Waals surface area contributed by atoms with Crippen LogP contribution in [0.4, 0.5) is 13.2 Å². The van der Waals surface area contributed by atoms with E-state index in [-0.39, 0.29) is 0 Å². The van der Waals surface area contributed by atoms with Crippen LogP contribution < -0.4 is 0 Å². The molecule has 0 aliphatic heterocycles. The topological polar surface area (TPSA) is 57.5 Å². The molecule has 0 amide bonds. The van der Waals surface area contributed by atoms with Gasteiger partial charge in [0.1, 0.15) is 17.2 Å². The monoisotopic (exact) mass is 234 g/mol. The Morgan fingerprint density at radius 2 is 1.81 bits per heavy atom. The summed E-state index contributed by atoms with van der Waals surface area (Å²) in [5.41, 5.74) is -3.76. The molecule has 0 aliphatic rings. The Labute approximate surface area is 89.1 Å². The van der Waals surface area contributed by atoms with Crippen LogP contribution in [0.25, 0.3) is 0 Å². The molecule has 0 fully saturated rings. The van der Waals surface area contributed by atoms with Gasteiger partial charge in [0.15, 0.2) is 0 Å². The van der Waals surface area contributed by atoms with Crippen LogP contribution >= 0.6 is 0 Å². The molecule has 0 bridgehead atoms. The molecule has 0 heterocycles. The highest BCUT2D eigenvalue weighted by molar-refractivity contribution is 5.74. The van der Waals surface area contributed by atoms with Crippen molar-refractivity contribution in [3.63, 3.8) is 0 Å². The lowest BCUT2D eigenvalue weighted by Crippen LogP contribution is -2.40. The molecule has 0 aliphatic carbocycles. The van der Waals surface area contributed by atoms with Crippen molar-refractivity contribution in [2.45, 2.75) is 18.7 Å². The second-order valence-electron chi connectivity index (χ2n) is 3.44. The second kappa shape index (κ2) is 4.13. The fraction of sp³-hybridized carbons (Fsp3) is 0.300. The largest absolute Gasteiger partial charge is 0.479 e. The van der Waals surface area contributed by atoms with Gasteiger partial charge in [-0.3, -0.25) is 0 Å². The molecular formula is C10H9F3O3. The predicted octanol–water partition coefficient (Wildman–Crippen LogP) is 1.60. The third-order valence-corrected chi connectivity index (χ3v) is 2.18. The Morgan fingerprint density at radius 3 is 2.19 bits per heavy atom. The highest BCUT2D eigenvalue weighted by atomic mass is 19.1. The van der Waals surface area contributed by atoms with Crippen LogP contribution in [-0.4, -0.2) is 22.4 Å². The van der Waals surface area contributed by atoms with E-state index >= 15 is 0 Å². The molecule has 0 saturated heterocycles. The molecule has 88 valence electrons. The fourth-order valence-electron chi connectivity index (χ4n) is 1.35. The van der Waals surface area contributed by atoms with Gasteiger partial charge >= 0.3 is 5.97 Å². The first-order valence-electron chi connectivity index (χ1n) is 4.32. The minimum absolute atomic E-state index is 0.702. The highest BCUT2D eigenvalue weighted by Crippen LogP contribution is 2.31. The van der Waals surface area contributed by atoms with Crippen molar-refractivity contribution in [3.05, 3.63) is 35.4 Å². The molecule has 6 heteroatoms. The molecule has 0 spiro atoms. The standard InChI is InChI=1S/C10H9F3O3/c1-10(16,8(13)9(14)15)7-5(11)3-2-4-6(7)12/h2-4,8,16H,1H3,(H,14,15). The first-order valence-corrected chi connectivity index (χ1v) is 4.32. The minimum atomic E-state index is -2.82. The van der Waals surface area contributed by atoms with Crippen LogP contribution in [0.3, 0.4) is 0 Å². The number of carboxylic acids is 1. The SMILES string of the molecule is CC(O)(c1c(F)cccc1F)C(F)C(=O)O. The van der Waals surface area contributed by atoms with E-state index in [9.17, 15) is 23.1 Å². The van der Waals surface area contributed by atoms with Crippen LogP contribution in [0.1, 0.15) is 12.5 Å². The maximum absolute atomic E-state index is 13.2. The van der Waals surface area contributed by atoms with Crippen molar-refractivity contribution in [2.75, 3.05) is 0 Å². The zero-order valence-corrected chi connectivity index (χ0v) is 8.25. The van der Waals surface area contributed by atoms with Crippen molar-refractivity contribution in [1.29, 1.82) is 0 Å². The van der Waals surface area contributed by atoms with Crippen molar-refractivity contribution in [2.24, 2.45) is 0 Å². The Hall–Kier alpha value is -1.56. The number of alkyl halides is 1. The number of rotatable bonds is 3. The smallest absolute Gasteiger partial charge is 0.341 e. The lowest BCUT2D eigenvalue weighted by Gasteiger charge is -2.25. The molecule has 0 saturated carbocycles. The molecule has 1 aromatic carbocycles. The summed E-state index contributed by atoms with van der Waals surface area (Å²) in [7, 11) is 0. The van der Waals surface area contributed by atoms with Gasteiger partial charge in [0, 0.05) is 0 Å². The van der Waals surface area contributed by atoms with Crippen LogP contribution in [0, 0.1) is 11.6 Å². The van der Waals surface area contributed by atoms with Gasteiger partial charge in [-0.05, 0) is 19.1 Å². The number of carboxylic acid groups (broad SMARTS) is 1. The summed E-state index contributed by atoms with van der Waals surface area (Å²) >= 11 is 0. The Kier molecular flexibility index (Phi) is 3.23. The molecule has 1 rings (SSSR count). The van der Waals surface area contributed by atoms with E-state index in [1.807, 2.05) is 0 Å². The van der Waals surface area contributed by atoms with Crippen molar-refractivity contribution in [1.82, 2.24) is 0 Å². The summed E-state index contributed by atoms with van der Waals surface area (Å²) in [4.78, 5) is 10.4. The summed E-state index contributed by atoms with van der Waals surface area (Å²) in [6, 6.07) is 2.64. The molecule has 2 unspecified atom stereocenters. The van der Waals surface area contributed by atoms with E-state index in [0.29, 0.717) is 6.92 Å². The van der Waals surface area contributed by atoms with Gasteiger partial charge in [-0.15, -0.1) is 0 Å². The van der Waals surface area contributed by atoms with Gasteiger partial charge in [0.25, 0.3) is 0 Å². The molecule has 16 heavy (non-hydrogen) atoms. The van der Waals surface area contributed by atoms with Gasteiger partial charge < -0.3 is 10.2 Å². The molecule has 0 aromatic heterocycles. The summed E-state index contributed by atoms with van der Waals surface area (Å²) in [5, 5.41) is 17.9. The van der Waals surface area contributed by atoms with Gasteiger partial charge in [-0.2, -0.15) is 0 Å². The number of aliphatic hydroxyl groups is 1. The molecular weight excluding hydrogens is 225 g/mol. The van der Waals surface area contributed by atoms with E-state index in [1.165, 1.54) is 0 Å². The maximum Gasteiger partial charge on any atom is 0.341 e. The highest BCUT2D eigenvalue weighted by Gasteiger charge is 2.43. The number of aliphatic carboxylic acids is 1. The first-order chi connectivity index (χ1) is 7.28. The van der Waals surface area contributed by atoms with E-state index in [2.05, 4.69) is 0 Å². The summed E-state index contributed by atoms with van der Waals surface area (Å²) < 4.78 is 39.6. The predicted molar refractivity (Wildman–Crippen MR) is 48.5 cm³/mol. The van der Waals surface area contributed by atoms with Gasteiger partial charge in [0.05, 0.1) is 5.56 Å². The van der Waals surface area contributed by atoms with Gasteiger partial charge in [-0.1, -0.05) is 6.07 Å². The van der Waals surface area contributed by atoms with E-state index in [4.69, 9.17) is 5.11 Å². The molecule has 2 N–H and O–H groups in total. The summed E-state index contributed by atoms with van der Waals surface area (Å²) in [6.45, 7) is 0.702. The zero-order chi connectivity index (χ0) is 12.5. The fourth-order valence-corrected chi connectivity index (χ4v) is 1.35. The van der Waals surface area contributed by atoms with Gasteiger partial charge in [0.2, 0.25) is 6.17 Å². The number of carbonyl (C=O) groups is 1. The lowest BCUT2D eigenvalue weighted by atomic mass is 9.90. The third-order valence-electron chi connectivity index (χ3n) is 2.18. The molecule has 0 radical (unpaired) electrons. The Bertz CT molecular complexity index is 398. The van der Waals surface area contributed by atoms with E-state index in [1.54, 1.807) is 0 Å². The minimum Gasteiger partial charge on any atom is -0.479 e. The number of halogens is 3. The van der Waals surface area contributed by atoms with Crippen LogP contribution in [0.2, 0.25) is 0 Å². The summed E-state index contributed by atoms with van der Waals surface area (Å²) in [5.74, 6) is -4.39. The number of hydrogen-bond acceptors (Lipinski definition) is 2. The Balaban J connectivity index is 3.31. The van der Waals surface area contributed by atoms with Crippen molar-refractivity contribution >= 4 is 5.97 Å². The third kappa shape index (κ3) is 2.01. The maximum atomic E-state index is 13.2. The van der Waals surface area contributed by atoms with Gasteiger partial charge in [-0.25, -0.2) is 18.0 Å². The van der Waals surface area contributed by atoms with Crippen LogP contribution in [-0.2, 0) is 10.4 Å².